The van der Waals surface area contributed by atoms with Crippen molar-refractivity contribution >= 4 is 11.0 Å². The Morgan fingerprint density at radius 3 is 1.79 bits per heavy atom. The van der Waals surface area contributed by atoms with Gasteiger partial charge in [-0.2, -0.15) is 13.2 Å². The van der Waals surface area contributed by atoms with Crippen LogP contribution in [0.1, 0.15) is 64.0 Å². The van der Waals surface area contributed by atoms with Crippen LogP contribution in [-0.2, 0) is 23.6 Å². The van der Waals surface area contributed by atoms with Gasteiger partial charge in [0.25, 0.3) is 5.76 Å². The summed E-state index contributed by atoms with van der Waals surface area (Å²) in [6.45, 7) is 12.6. The van der Waals surface area contributed by atoms with Crippen LogP contribution in [0.25, 0.3) is 11.0 Å². The van der Waals surface area contributed by atoms with Crippen molar-refractivity contribution in [3.8, 4) is 17.2 Å². The fraction of sp³-hybridized carbons (Fsp3) is 0.323. The van der Waals surface area contributed by atoms with Crippen LogP contribution in [0.3, 0.4) is 0 Å². The van der Waals surface area contributed by atoms with E-state index in [0.29, 0.717) is 0 Å². The lowest BCUT2D eigenvalue weighted by Crippen LogP contribution is -2.15. The van der Waals surface area contributed by atoms with E-state index in [0.717, 1.165) is 11.1 Å². The second kappa shape index (κ2) is 9.86. The predicted octanol–water partition coefficient (Wildman–Crippen LogP) is 8.78. The van der Waals surface area contributed by atoms with Gasteiger partial charge in [0, 0.05) is 6.07 Å². The van der Waals surface area contributed by atoms with Crippen LogP contribution in [-0.4, -0.2) is 0 Å². The van der Waals surface area contributed by atoms with Crippen LogP contribution in [0, 0.1) is 0 Å². The van der Waals surface area contributed by atoms with E-state index in [1.165, 1.54) is 35.9 Å². The molecule has 4 nitrogen and oxygen atoms in total. The first kappa shape index (κ1) is 27.3. The number of hydrogen-bond acceptors (Lipinski definition) is 4. The summed E-state index contributed by atoms with van der Waals surface area (Å²) < 4.78 is 58.2. The van der Waals surface area contributed by atoms with Crippen molar-refractivity contribution in [2.24, 2.45) is 0 Å². The van der Waals surface area contributed by atoms with Crippen molar-refractivity contribution in [3.05, 3.63) is 99.4 Å². The monoisotopic (exact) mass is 524 g/mol. The van der Waals surface area contributed by atoms with E-state index in [1.54, 1.807) is 12.1 Å². The van der Waals surface area contributed by atoms with Crippen LogP contribution in [0.15, 0.2) is 75.9 Å². The van der Waals surface area contributed by atoms with Crippen molar-refractivity contribution in [2.75, 3.05) is 0 Å². The Morgan fingerprint density at radius 1 is 0.737 bits per heavy atom. The molecule has 0 N–H and O–H groups in total. The standard InChI is InChI=1S/C31H31F3O4/c1-29(2,3)20-9-7-19(8-10-20)18-36-23-15-16-24-25(17-23)38-28(31(32,33)34)27(26(24)35)37-22-13-11-21(12-14-22)30(4,5)6/h7-17H,18H2,1-6H3. The minimum atomic E-state index is -4.94. The first-order valence-corrected chi connectivity index (χ1v) is 12.3. The molecule has 3 aromatic carbocycles. The highest BCUT2D eigenvalue weighted by Crippen LogP contribution is 2.39. The van der Waals surface area contributed by atoms with E-state index < -0.39 is 23.1 Å². The molecule has 0 aliphatic rings. The maximum Gasteiger partial charge on any atom is 0.453 e. The van der Waals surface area contributed by atoms with Gasteiger partial charge >= 0.3 is 6.18 Å². The minimum absolute atomic E-state index is 0.0178. The largest absolute Gasteiger partial charge is 0.489 e. The molecule has 200 valence electrons. The lowest BCUT2D eigenvalue weighted by Gasteiger charge is -2.19. The van der Waals surface area contributed by atoms with Gasteiger partial charge in [-0.05, 0) is 51.8 Å². The Morgan fingerprint density at radius 2 is 1.26 bits per heavy atom. The van der Waals surface area contributed by atoms with Gasteiger partial charge < -0.3 is 13.9 Å². The third kappa shape index (κ3) is 6.04. The highest BCUT2D eigenvalue weighted by atomic mass is 19.4. The summed E-state index contributed by atoms with van der Waals surface area (Å²) >= 11 is 0. The Labute approximate surface area is 220 Å². The molecule has 4 aromatic rings. The summed E-state index contributed by atoms with van der Waals surface area (Å²) in [4.78, 5) is 13.1. The fourth-order valence-electron chi connectivity index (χ4n) is 3.93. The second-order valence-corrected chi connectivity index (χ2v) is 11.4. The van der Waals surface area contributed by atoms with Gasteiger partial charge in [0.05, 0.1) is 5.39 Å². The highest BCUT2D eigenvalue weighted by molar-refractivity contribution is 5.79. The first-order chi connectivity index (χ1) is 17.6. The van der Waals surface area contributed by atoms with Crippen molar-refractivity contribution in [2.45, 2.75) is 65.2 Å². The summed E-state index contributed by atoms with van der Waals surface area (Å²) in [5.41, 5.74) is 1.77. The third-order valence-corrected chi connectivity index (χ3v) is 6.25. The summed E-state index contributed by atoms with van der Waals surface area (Å²) in [5, 5.41) is -0.0406. The van der Waals surface area contributed by atoms with E-state index in [-0.39, 0.29) is 39.9 Å². The van der Waals surface area contributed by atoms with E-state index in [2.05, 4.69) is 20.8 Å². The normalized spacial score (nSPS) is 12.6. The summed E-state index contributed by atoms with van der Waals surface area (Å²) in [7, 11) is 0. The lowest BCUT2D eigenvalue weighted by atomic mass is 9.87. The average molecular weight is 525 g/mol. The first-order valence-electron chi connectivity index (χ1n) is 12.3. The smallest absolute Gasteiger partial charge is 0.453 e. The molecule has 1 heterocycles. The van der Waals surface area contributed by atoms with E-state index >= 15 is 0 Å². The molecule has 0 saturated carbocycles. The molecule has 0 aliphatic carbocycles. The quantitative estimate of drug-likeness (QED) is 0.262. The molecule has 0 bridgehead atoms. The Kier molecular flexibility index (Phi) is 7.08. The fourth-order valence-corrected chi connectivity index (χ4v) is 3.93. The third-order valence-electron chi connectivity index (χ3n) is 6.25. The number of ether oxygens (including phenoxy) is 2. The zero-order valence-corrected chi connectivity index (χ0v) is 22.3. The van der Waals surface area contributed by atoms with Gasteiger partial charge in [-0.15, -0.1) is 0 Å². The van der Waals surface area contributed by atoms with Gasteiger partial charge in [-0.25, -0.2) is 0 Å². The van der Waals surface area contributed by atoms with Gasteiger partial charge in [0.2, 0.25) is 11.2 Å². The molecule has 0 spiro atoms. The average Bonchev–Trinajstić information content (AvgIpc) is 2.83. The summed E-state index contributed by atoms with van der Waals surface area (Å²) in [5.74, 6) is -2.02. The van der Waals surface area contributed by atoms with Crippen LogP contribution in [0.2, 0.25) is 0 Å². The zero-order valence-electron chi connectivity index (χ0n) is 22.3. The molecular weight excluding hydrogens is 493 g/mol. The van der Waals surface area contributed by atoms with E-state index in [9.17, 15) is 18.0 Å². The maximum atomic E-state index is 13.9. The number of alkyl halides is 3. The summed E-state index contributed by atoms with van der Waals surface area (Å²) in [6, 6.07) is 18.7. The number of halogens is 3. The molecule has 4 rings (SSSR count). The lowest BCUT2D eigenvalue weighted by molar-refractivity contribution is -0.154. The predicted molar refractivity (Wildman–Crippen MR) is 142 cm³/mol. The molecule has 7 heteroatoms. The number of fused-ring (bicyclic) bond motifs is 1. The van der Waals surface area contributed by atoms with Crippen molar-refractivity contribution in [1.82, 2.24) is 0 Å². The topological polar surface area (TPSA) is 48.7 Å². The molecule has 0 saturated heterocycles. The second-order valence-electron chi connectivity index (χ2n) is 11.4. The van der Waals surface area contributed by atoms with Crippen LogP contribution >= 0.6 is 0 Å². The SMILES string of the molecule is CC(C)(C)c1ccc(COc2ccc3c(=O)c(Oc4ccc(C(C)(C)C)cc4)c(C(F)(F)F)oc3c2)cc1. The van der Waals surface area contributed by atoms with Gasteiger partial charge in [0.15, 0.2) is 0 Å². The van der Waals surface area contributed by atoms with Gasteiger partial charge in [0.1, 0.15) is 23.7 Å². The molecule has 0 radical (unpaired) electrons. The van der Waals surface area contributed by atoms with Crippen molar-refractivity contribution in [1.29, 1.82) is 0 Å². The Balaban J connectivity index is 1.63. The molecule has 0 aliphatic heterocycles. The molecule has 0 amide bonds. The Hall–Kier alpha value is -3.74. The zero-order chi connectivity index (χ0) is 27.9. The van der Waals surface area contributed by atoms with Gasteiger partial charge in [-0.3, -0.25) is 4.79 Å². The Bertz CT molecular complexity index is 1490. The van der Waals surface area contributed by atoms with Crippen molar-refractivity contribution < 1.29 is 27.1 Å². The highest BCUT2D eigenvalue weighted by Gasteiger charge is 2.40. The van der Waals surface area contributed by atoms with Gasteiger partial charge in [-0.1, -0.05) is 77.9 Å². The van der Waals surface area contributed by atoms with Crippen LogP contribution in [0.5, 0.6) is 17.2 Å². The molecule has 1 aromatic heterocycles. The van der Waals surface area contributed by atoms with Crippen LogP contribution in [0.4, 0.5) is 13.2 Å². The molecule has 38 heavy (non-hydrogen) atoms. The maximum absolute atomic E-state index is 13.9. The molecule has 0 atom stereocenters. The van der Waals surface area contributed by atoms with E-state index in [4.69, 9.17) is 13.9 Å². The minimum Gasteiger partial charge on any atom is -0.489 e. The number of rotatable bonds is 5. The summed E-state index contributed by atoms with van der Waals surface area (Å²) in [6.07, 6.45) is -4.94. The molecule has 0 unspecified atom stereocenters. The molecule has 0 fully saturated rings. The number of hydrogen-bond donors (Lipinski definition) is 0. The van der Waals surface area contributed by atoms with Crippen LogP contribution < -0.4 is 14.9 Å². The molecular formula is C31H31F3O4. The van der Waals surface area contributed by atoms with Crippen molar-refractivity contribution in [3.63, 3.8) is 0 Å². The van der Waals surface area contributed by atoms with E-state index in [1.807, 2.05) is 45.0 Å². The number of benzene rings is 3.